The molecule has 2 atom stereocenters. The van der Waals surface area contributed by atoms with Crippen LogP contribution in [-0.4, -0.2) is 28.7 Å². The summed E-state index contributed by atoms with van der Waals surface area (Å²) >= 11 is 0. The number of benzene rings is 4. The molecule has 0 aliphatic carbocycles. The van der Waals surface area contributed by atoms with E-state index in [1.807, 2.05) is 91.0 Å². The topological polar surface area (TPSA) is 115 Å². The van der Waals surface area contributed by atoms with Gasteiger partial charge >= 0.3 is 6.03 Å². The van der Waals surface area contributed by atoms with Crippen molar-refractivity contribution in [3.8, 4) is 5.75 Å². The summed E-state index contributed by atoms with van der Waals surface area (Å²) in [5.74, 6) is 0.552. The van der Waals surface area contributed by atoms with E-state index in [1.54, 1.807) is 12.1 Å². The molecule has 43 heavy (non-hydrogen) atoms. The van der Waals surface area contributed by atoms with Crippen molar-refractivity contribution < 1.29 is 14.6 Å². The van der Waals surface area contributed by atoms with Crippen LogP contribution in [0.4, 0.5) is 10.5 Å². The van der Waals surface area contributed by atoms with E-state index in [0.29, 0.717) is 48.6 Å². The number of fused-ring (bicyclic) bond motifs is 1. The van der Waals surface area contributed by atoms with Gasteiger partial charge in [0.2, 0.25) is 5.56 Å². The molecule has 0 unspecified atom stereocenters. The van der Waals surface area contributed by atoms with Gasteiger partial charge in [-0.3, -0.25) is 4.79 Å². The summed E-state index contributed by atoms with van der Waals surface area (Å²) in [5.41, 5.74) is 4.84. The largest absolute Gasteiger partial charge is 0.487 e. The summed E-state index contributed by atoms with van der Waals surface area (Å²) in [4.78, 5) is 27.4. The number of H-pyrrole nitrogens is 1. The maximum atomic E-state index is 12.4. The molecule has 220 valence electrons. The first kappa shape index (κ1) is 29.6. The zero-order valence-corrected chi connectivity index (χ0v) is 24.0. The average Bonchev–Trinajstić information content (AvgIpc) is 3.02. The monoisotopic (exact) mass is 576 g/mol. The van der Waals surface area contributed by atoms with Crippen molar-refractivity contribution in [2.24, 2.45) is 0 Å². The molecule has 0 aliphatic rings. The van der Waals surface area contributed by atoms with Gasteiger partial charge in [0.05, 0.1) is 11.6 Å². The van der Waals surface area contributed by atoms with Gasteiger partial charge in [0.15, 0.2) is 0 Å². The van der Waals surface area contributed by atoms with E-state index < -0.39 is 6.10 Å². The number of rotatable bonds is 12. The van der Waals surface area contributed by atoms with Crippen LogP contribution in [0.3, 0.4) is 0 Å². The highest BCUT2D eigenvalue weighted by Crippen LogP contribution is 2.30. The lowest BCUT2D eigenvalue weighted by molar-refractivity contribution is 0.172. The van der Waals surface area contributed by atoms with Gasteiger partial charge in [-0.2, -0.15) is 0 Å². The molecule has 0 saturated heterocycles. The number of ether oxygens (including phenoxy) is 1. The first-order valence-electron chi connectivity index (χ1n) is 14.4. The molecular formula is C35H36N4O4. The summed E-state index contributed by atoms with van der Waals surface area (Å²) in [6.45, 7) is 3.18. The average molecular weight is 577 g/mol. The highest BCUT2D eigenvalue weighted by molar-refractivity contribution is 5.89. The second-order valence-electron chi connectivity index (χ2n) is 10.6. The molecule has 2 amide bonds. The van der Waals surface area contributed by atoms with Crippen molar-refractivity contribution >= 4 is 22.6 Å². The van der Waals surface area contributed by atoms with E-state index in [9.17, 15) is 14.7 Å². The van der Waals surface area contributed by atoms with Crippen LogP contribution in [-0.2, 0) is 19.6 Å². The molecule has 8 nitrogen and oxygen atoms in total. The van der Waals surface area contributed by atoms with E-state index >= 15 is 0 Å². The number of aliphatic hydroxyl groups excluding tert-OH is 1. The number of pyridine rings is 1. The minimum atomic E-state index is -0.805. The lowest BCUT2D eigenvalue weighted by atomic mass is 10.0. The number of aromatic amines is 1. The van der Waals surface area contributed by atoms with Crippen molar-refractivity contribution in [2.75, 3.05) is 11.9 Å². The van der Waals surface area contributed by atoms with Crippen LogP contribution >= 0.6 is 0 Å². The van der Waals surface area contributed by atoms with Gasteiger partial charge in [0.1, 0.15) is 12.4 Å². The number of hydrogen-bond donors (Lipinski definition) is 5. The molecule has 0 aliphatic heterocycles. The van der Waals surface area contributed by atoms with Gasteiger partial charge in [-0.05, 0) is 59.9 Å². The fraction of sp³-hybridized carbons (Fsp3) is 0.200. The summed E-state index contributed by atoms with van der Waals surface area (Å²) in [6, 6.07) is 33.9. The highest BCUT2D eigenvalue weighted by Gasteiger charge is 2.16. The fourth-order valence-corrected chi connectivity index (χ4v) is 4.97. The molecule has 4 aromatic carbocycles. The molecule has 5 N–H and O–H groups in total. The SMILES string of the molecule is C[C@@H](Cc1cccc(NC(=O)NCc2ccccc2)c1)NC[C@@H](O)c1ccc(OCc2ccccc2)c2[nH]c(=O)ccc12. The van der Waals surface area contributed by atoms with E-state index in [1.165, 1.54) is 6.07 Å². The Balaban J connectivity index is 1.17. The molecule has 1 aromatic heterocycles. The number of carbonyl (C=O) groups excluding carboxylic acids is 1. The van der Waals surface area contributed by atoms with Crippen molar-refractivity contribution in [2.45, 2.75) is 38.6 Å². The van der Waals surface area contributed by atoms with Crippen LogP contribution in [0.2, 0.25) is 0 Å². The fourth-order valence-electron chi connectivity index (χ4n) is 4.97. The Morgan fingerprint density at radius 2 is 1.58 bits per heavy atom. The third-order valence-electron chi connectivity index (χ3n) is 7.17. The number of carbonyl (C=O) groups is 1. The predicted molar refractivity (Wildman–Crippen MR) is 170 cm³/mol. The normalized spacial score (nSPS) is 12.4. The summed E-state index contributed by atoms with van der Waals surface area (Å²) in [5, 5.41) is 21.0. The Kier molecular flexibility index (Phi) is 9.84. The number of hydrogen-bond acceptors (Lipinski definition) is 5. The van der Waals surface area contributed by atoms with Gasteiger partial charge in [0, 0.05) is 36.3 Å². The molecule has 1 heterocycles. The first-order valence-corrected chi connectivity index (χ1v) is 14.4. The van der Waals surface area contributed by atoms with Gasteiger partial charge in [-0.25, -0.2) is 4.79 Å². The number of urea groups is 1. The zero-order chi connectivity index (χ0) is 30.0. The third-order valence-corrected chi connectivity index (χ3v) is 7.17. The molecule has 0 bridgehead atoms. The maximum Gasteiger partial charge on any atom is 0.319 e. The minimum absolute atomic E-state index is 0.0522. The molecule has 8 heteroatoms. The lowest BCUT2D eigenvalue weighted by Gasteiger charge is -2.20. The van der Waals surface area contributed by atoms with E-state index in [-0.39, 0.29) is 17.6 Å². The van der Waals surface area contributed by atoms with E-state index in [4.69, 9.17) is 4.74 Å². The van der Waals surface area contributed by atoms with Crippen molar-refractivity contribution in [3.05, 3.63) is 142 Å². The molecule has 5 rings (SSSR count). The number of anilines is 1. The van der Waals surface area contributed by atoms with Crippen LogP contribution < -0.4 is 26.2 Å². The van der Waals surface area contributed by atoms with Crippen molar-refractivity contribution in [3.63, 3.8) is 0 Å². The Labute approximate surface area is 250 Å². The number of nitrogens with one attached hydrogen (secondary N) is 4. The van der Waals surface area contributed by atoms with Crippen LogP contribution in [0, 0.1) is 0 Å². The zero-order valence-electron chi connectivity index (χ0n) is 24.0. The van der Waals surface area contributed by atoms with Crippen LogP contribution in [0.1, 0.15) is 35.3 Å². The summed E-state index contributed by atoms with van der Waals surface area (Å²) in [7, 11) is 0. The Morgan fingerprint density at radius 1 is 0.860 bits per heavy atom. The van der Waals surface area contributed by atoms with Gasteiger partial charge in [-0.1, -0.05) is 78.9 Å². The van der Waals surface area contributed by atoms with Crippen molar-refractivity contribution in [1.29, 1.82) is 0 Å². The van der Waals surface area contributed by atoms with Crippen LogP contribution in [0.15, 0.2) is 114 Å². The van der Waals surface area contributed by atoms with Crippen LogP contribution in [0.5, 0.6) is 5.75 Å². The lowest BCUT2D eigenvalue weighted by Crippen LogP contribution is -2.32. The van der Waals surface area contributed by atoms with Gasteiger partial charge in [0.25, 0.3) is 0 Å². The standard InChI is InChI=1S/C35H36N4O4/c1-24(19-27-13-8-14-28(20-27)38-35(42)37-21-25-9-4-2-5-10-25)36-22-31(40)29-15-17-32(34-30(29)16-18-33(41)39-34)43-23-26-11-6-3-7-12-26/h2-18,20,24,31,36,40H,19,21-23H2,1H3,(H,39,41)(H2,37,38,42)/t24-,31+/m0/s1. The summed E-state index contributed by atoms with van der Waals surface area (Å²) in [6.07, 6.45) is -0.103. The maximum absolute atomic E-state index is 12.4. The second kappa shape index (κ2) is 14.3. The van der Waals surface area contributed by atoms with Gasteiger partial charge in [-0.15, -0.1) is 0 Å². The quantitative estimate of drug-likeness (QED) is 0.131. The first-order chi connectivity index (χ1) is 20.9. The molecule has 0 spiro atoms. The van der Waals surface area contributed by atoms with Crippen molar-refractivity contribution in [1.82, 2.24) is 15.6 Å². The number of aromatic nitrogens is 1. The number of aliphatic hydroxyl groups is 1. The summed E-state index contributed by atoms with van der Waals surface area (Å²) < 4.78 is 6.03. The Bertz CT molecular complexity index is 1710. The molecule has 0 radical (unpaired) electrons. The Hall–Kier alpha value is -4.92. The molecule has 5 aromatic rings. The highest BCUT2D eigenvalue weighted by atomic mass is 16.5. The third kappa shape index (κ3) is 8.31. The number of amides is 2. The van der Waals surface area contributed by atoms with Crippen LogP contribution in [0.25, 0.3) is 10.9 Å². The molecular weight excluding hydrogens is 540 g/mol. The second-order valence-corrected chi connectivity index (χ2v) is 10.6. The van der Waals surface area contributed by atoms with E-state index in [0.717, 1.165) is 22.1 Å². The Morgan fingerprint density at radius 3 is 2.35 bits per heavy atom. The predicted octanol–water partition coefficient (Wildman–Crippen LogP) is 5.68. The molecule has 0 fully saturated rings. The molecule has 0 saturated carbocycles. The van der Waals surface area contributed by atoms with E-state index in [2.05, 4.69) is 27.9 Å². The smallest absolute Gasteiger partial charge is 0.319 e. The van der Waals surface area contributed by atoms with Gasteiger partial charge < -0.3 is 30.8 Å². The minimum Gasteiger partial charge on any atom is -0.487 e.